The molecular weight excluding hydrogens is 785 g/mol. The van der Waals surface area contributed by atoms with Crippen molar-refractivity contribution in [3.05, 3.63) is 143 Å². The van der Waals surface area contributed by atoms with Crippen LogP contribution < -0.4 is 0 Å². The number of thiophene rings is 1. The van der Waals surface area contributed by atoms with Gasteiger partial charge in [0.15, 0.2) is 0 Å². The average Bonchev–Trinajstić information content (AvgIpc) is 3.65. The van der Waals surface area contributed by atoms with Crippen molar-refractivity contribution in [3.8, 4) is 33.6 Å². The van der Waals surface area contributed by atoms with Crippen molar-refractivity contribution in [1.29, 1.82) is 0 Å². The van der Waals surface area contributed by atoms with Crippen LogP contribution in [0.1, 0.15) is 42.3 Å². The van der Waals surface area contributed by atoms with Crippen LogP contribution in [0.4, 0.5) is 0 Å². The first-order valence-electron chi connectivity index (χ1n) is 15.9. The van der Waals surface area contributed by atoms with Crippen molar-refractivity contribution < 1.29 is 24.5 Å². The summed E-state index contributed by atoms with van der Waals surface area (Å²) in [6.45, 7) is 13.3. The third-order valence-corrected chi connectivity index (χ3v) is 9.60. The van der Waals surface area contributed by atoms with Crippen LogP contribution in [-0.2, 0) is 25.5 Å². The summed E-state index contributed by atoms with van der Waals surface area (Å²) in [4.78, 5) is 10.5. The number of nitrogens with zero attached hydrogens (tertiary/aromatic N) is 2. The molecule has 0 unspecified atom stereocenters. The summed E-state index contributed by atoms with van der Waals surface area (Å²) in [6, 6.07) is 39.7. The predicted molar refractivity (Wildman–Crippen MR) is 198 cm³/mol. The second kappa shape index (κ2) is 13.6. The molecule has 0 saturated heterocycles. The molecule has 5 heteroatoms. The fraction of sp³-hybridized carbons (Fsp3) is 0.163. The number of benzene rings is 4. The second-order valence-electron chi connectivity index (χ2n) is 13.0. The molecule has 1 radical (unpaired) electrons. The van der Waals surface area contributed by atoms with Crippen molar-refractivity contribution in [2.24, 2.45) is 0 Å². The topological polar surface area (TPSA) is 38.9 Å². The van der Waals surface area contributed by atoms with Crippen LogP contribution in [0.5, 0.6) is 0 Å². The number of hydrogen-bond donors (Lipinski definition) is 0. The van der Waals surface area contributed by atoms with Gasteiger partial charge < -0.3 is 14.4 Å². The maximum absolute atomic E-state index is 6.59. The average molecular weight is 821 g/mol. The van der Waals surface area contributed by atoms with Crippen LogP contribution in [0.25, 0.3) is 65.7 Å². The SMILES string of the molecule is Cc1cc2c(ccc3c4cc[c-]c(-c5cc(-c6c(C)cccc6C)c(C(C)(C)C)cn5)c4oc23)s1.[Ir].[c-]1ccccc1-c1ccccn1. The molecule has 0 fully saturated rings. The van der Waals surface area contributed by atoms with E-state index in [4.69, 9.17) is 9.40 Å². The molecule has 0 aliphatic heterocycles. The Bertz CT molecular complexity index is 2310. The summed E-state index contributed by atoms with van der Waals surface area (Å²) in [5.41, 5.74) is 11.9. The van der Waals surface area contributed by atoms with Crippen molar-refractivity contribution in [1.82, 2.24) is 9.97 Å². The first-order valence-corrected chi connectivity index (χ1v) is 16.7. The van der Waals surface area contributed by atoms with Crippen molar-refractivity contribution in [2.75, 3.05) is 0 Å². The number of furan rings is 1. The van der Waals surface area contributed by atoms with Crippen LogP contribution in [-0.4, -0.2) is 9.97 Å². The minimum absolute atomic E-state index is 0. The van der Waals surface area contributed by atoms with Gasteiger partial charge in [-0.1, -0.05) is 74.2 Å². The minimum Gasteiger partial charge on any atom is -0.500 e. The molecule has 3 nitrogen and oxygen atoms in total. The molecule has 0 bridgehead atoms. The smallest absolute Gasteiger partial charge is 0.129 e. The van der Waals surface area contributed by atoms with Gasteiger partial charge >= 0.3 is 0 Å². The molecule has 4 heterocycles. The first kappa shape index (κ1) is 33.5. The number of fused-ring (bicyclic) bond motifs is 5. The van der Waals surface area contributed by atoms with E-state index in [1.165, 1.54) is 42.8 Å². The van der Waals surface area contributed by atoms with E-state index in [0.29, 0.717) is 0 Å². The Balaban J connectivity index is 0.000000260. The molecular formula is C43H36IrN2OS-2. The fourth-order valence-electron chi connectivity index (χ4n) is 6.34. The molecule has 0 amide bonds. The minimum atomic E-state index is -0.0346. The molecule has 8 aromatic rings. The molecule has 4 aromatic heterocycles. The molecule has 0 spiro atoms. The maximum Gasteiger partial charge on any atom is 0.129 e. The van der Waals surface area contributed by atoms with Gasteiger partial charge in [-0.3, -0.25) is 0 Å². The summed E-state index contributed by atoms with van der Waals surface area (Å²) in [5, 5.41) is 3.43. The summed E-state index contributed by atoms with van der Waals surface area (Å²) in [6.07, 6.45) is 3.84. The van der Waals surface area contributed by atoms with E-state index in [1.54, 1.807) is 17.5 Å². The quantitative estimate of drug-likeness (QED) is 0.167. The van der Waals surface area contributed by atoms with E-state index in [2.05, 4.69) is 107 Å². The molecule has 8 rings (SSSR count). The molecule has 0 saturated carbocycles. The Morgan fingerprint density at radius 3 is 2.17 bits per heavy atom. The molecule has 48 heavy (non-hydrogen) atoms. The van der Waals surface area contributed by atoms with Crippen molar-refractivity contribution >= 4 is 43.4 Å². The molecule has 241 valence electrons. The standard InChI is InChI=1S/C32H28NOS.C11H8N.Ir/c1-18-9-7-10-19(2)29(18)24-16-27(33-17-26(24)32(4,5)6)23-12-8-11-21-22-13-14-28-25(15-20(3)35-28)31(22)34-30(21)23;1-2-6-10(7-3-1)11-8-4-5-9-12-11;/h7-11,13-17H,1-6H3;1-6,8-9H;/q2*-1;. The Labute approximate surface area is 300 Å². The largest absolute Gasteiger partial charge is 0.500 e. The van der Waals surface area contributed by atoms with Gasteiger partial charge in [-0.15, -0.1) is 65.4 Å². The Morgan fingerprint density at radius 2 is 1.46 bits per heavy atom. The molecule has 0 N–H and O–H groups in total. The van der Waals surface area contributed by atoms with E-state index in [1.807, 2.05) is 54.7 Å². The second-order valence-corrected chi connectivity index (χ2v) is 14.3. The van der Waals surface area contributed by atoms with Gasteiger partial charge in [-0.25, -0.2) is 0 Å². The Morgan fingerprint density at radius 1 is 0.688 bits per heavy atom. The molecule has 0 aliphatic carbocycles. The van der Waals surface area contributed by atoms with Gasteiger partial charge in [-0.05, 0) is 83.6 Å². The van der Waals surface area contributed by atoms with Crippen molar-refractivity contribution in [2.45, 2.75) is 47.0 Å². The summed E-state index contributed by atoms with van der Waals surface area (Å²) < 4.78 is 7.84. The van der Waals surface area contributed by atoms with E-state index < -0.39 is 0 Å². The Hall–Kier alpha value is -4.41. The van der Waals surface area contributed by atoms with Gasteiger partial charge in [0.1, 0.15) is 5.58 Å². The maximum atomic E-state index is 6.59. The van der Waals surface area contributed by atoms with Gasteiger partial charge in [0.25, 0.3) is 0 Å². The number of aromatic nitrogens is 2. The monoisotopic (exact) mass is 821 g/mol. The van der Waals surface area contributed by atoms with Gasteiger partial charge in [0.2, 0.25) is 0 Å². The van der Waals surface area contributed by atoms with Crippen LogP contribution in [0.15, 0.2) is 114 Å². The summed E-state index contributed by atoms with van der Waals surface area (Å²) >= 11 is 1.80. The number of hydrogen-bond acceptors (Lipinski definition) is 4. The number of rotatable bonds is 3. The molecule has 0 atom stereocenters. The zero-order chi connectivity index (χ0) is 32.7. The normalized spacial score (nSPS) is 11.4. The number of pyridine rings is 2. The first-order chi connectivity index (χ1) is 22.7. The van der Waals surface area contributed by atoms with Crippen molar-refractivity contribution in [3.63, 3.8) is 0 Å². The predicted octanol–water partition coefficient (Wildman–Crippen LogP) is 12.1. The van der Waals surface area contributed by atoms with E-state index in [9.17, 15) is 0 Å². The van der Waals surface area contributed by atoms with E-state index >= 15 is 0 Å². The van der Waals surface area contributed by atoms with Crippen LogP contribution in [0.3, 0.4) is 0 Å². The third-order valence-electron chi connectivity index (χ3n) is 8.59. The summed E-state index contributed by atoms with van der Waals surface area (Å²) in [7, 11) is 0. The fourth-order valence-corrected chi connectivity index (χ4v) is 7.26. The Kier molecular flexibility index (Phi) is 9.49. The van der Waals surface area contributed by atoms with Gasteiger partial charge in [-0.2, -0.15) is 0 Å². The van der Waals surface area contributed by atoms with E-state index in [-0.39, 0.29) is 25.5 Å². The molecule has 0 aliphatic rings. The van der Waals surface area contributed by atoms with E-state index in [0.717, 1.165) is 44.5 Å². The van der Waals surface area contributed by atoms with Crippen LogP contribution in [0.2, 0.25) is 0 Å². The zero-order valence-corrected chi connectivity index (χ0v) is 31.1. The number of aryl methyl sites for hydroxylation is 3. The van der Waals surface area contributed by atoms with Crippen LogP contribution >= 0.6 is 11.3 Å². The molecule has 4 aromatic carbocycles. The van der Waals surface area contributed by atoms with Gasteiger partial charge in [0, 0.05) is 52.8 Å². The zero-order valence-electron chi connectivity index (χ0n) is 27.9. The van der Waals surface area contributed by atoms with Crippen LogP contribution in [0, 0.1) is 32.9 Å². The third kappa shape index (κ3) is 6.39. The van der Waals surface area contributed by atoms with Gasteiger partial charge in [0.05, 0.1) is 5.58 Å². The summed E-state index contributed by atoms with van der Waals surface area (Å²) in [5.74, 6) is 0.